The third-order valence-electron chi connectivity index (χ3n) is 4.27. The highest BCUT2D eigenvalue weighted by molar-refractivity contribution is 7.98. The Kier molecular flexibility index (Phi) is 5.18. The van der Waals surface area contributed by atoms with Crippen LogP contribution in [0.3, 0.4) is 0 Å². The van der Waals surface area contributed by atoms with Crippen LogP contribution in [0.4, 0.5) is 0 Å². The molecule has 23 heavy (non-hydrogen) atoms. The molecule has 1 N–H and O–H groups in total. The monoisotopic (exact) mass is 329 g/mol. The standard InChI is InChI=1S/C18H23N3OS/c1-3-6-17-19-15-12-21(10-9-14(15)18(22)20-17)11-13-7-4-5-8-16(13)23-2/h4-5,7-8H,3,6,9-12H2,1-2H3,(H,19,20,22). The van der Waals surface area contributed by atoms with E-state index in [0.29, 0.717) is 0 Å². The van der Waals surface area contributed by atoms with E-state index >= 15 is 0 Å². The Morgan fingerprint density at radius 1 is 1.35 bits per heavy atom. The highest BCUT2D eigenvalue weighted by Gasteiger charge is 2.21. The van der Waals surface area contributed by atoms with Crippen LogP contribution in [0.25, 0.3) is 0 Å². The minimum Gasteiger partial charge on any atom is -0.310 e. The maximum absolute atomic E-state index is 12.2. The molecular formula is C18H23N3OS. The Balaban J connectivity index is 1.81. The van der Waals surface area contributed by atoms with E-state index in [1.165, 1.54) is 10.5 Å². The second-order valence-electron chi connectivity index (χ2n) is 5.96. The maximum atomic E-state index is 12.2. The number of hydrogen-bond donors (Lipinski definition) is 1. The highest BCUT2D eigenvalue weighted by atomic mass is 32.2. The fourth-order valence-electron chi connectivity index (χ4n) is 3.11. The van der Waals surface area contributed by atoms with Crippen LogP contribution in [0.5, 0.6) is 0 Å². The van der Waals surface area contributed by atoms with Crippen molar-refractivity contribution in [3.8, 4) is 0 Å². The fraction of sp³-hybridized carbons (Fsp3) is 0.444. The summed E-state index contributed by atoms with van der Waals surface area (Å²) in [4.78, 5) is 23.5. The molecule has 0 atom stereocenters. The van der Waals surface area contributed by atoms with Gasteiger partial charge in [0.25, 0.3) is 5.56 Å². The number of aromatic amines is 1. The molecule has 0 bridgehead atoms. The number of H-pyrrole nitrogens is 1. The number of aromatic nitrogens is 2. The molecule has 0 fully saturated rings. The summed E-state index contributed by atoms with van der Waals surface area (Å²) in [5, 5.41) is 0. The van der Waals surface area contributed by atoms with E-state index in [0.717, 1.165) is 56.0 Å². The van der Waals surface area contributed by atoms with Crippen molar-refractivity contribution < 1.29 is 0 Å². The van der Waals surface area contributed by atoms with Crippen molar-refractivity contribution in [2.75, 3.05) is 12.8 Å². The van der Waals surface area contributed by atoms with Crippen molar-refractivity contribution in [1.29, 1.82) is 0 Å². The van der Waals surface area contributed by atoms with Crippen LogP contribution in [0, 0.1) is 0 Å². The molecule has 0 radical (unpaired) electrons. The molecule has 3 rings (SSSR count). The molecular weight excluding hydrogens is 306 g/mol. The zero-order chi connectivity index (χ0) is 16.2. The number of rotatable bonds is 5. The molecule has 5 heteroatoms. The summed E-state index contributed by atoms with van der Waals surface area (Å²) in [5.41, 5.74) is 3.24. The topological polar surface area (TPSA) is 49.0 Å². The summed E-state index contributed by atoms with van der Waals surface area (Å²) in [6, 6.07) is 8.53. The third-order valence-corrected chi connectivity index (χ3v) is 5.11. The Hall–Kier alpha value is -1.59. The molecule has 2 aromatic rings. The molecule has 2 heterocycles. The van der Waals surface area contributed by atoms with Gasteiger partial charge in [0.1, 0.15) is 5.82 Å². The van der Waals surface area contributed by atoms with Crippen LogP contribution in [-0.4, -0.2) is 27.7 Å². The quantitative estimate of drug-likeness (QED) is 0.857. The zero-order valence-electron chi connectivity index (χ0n) is 13.8. The first-order chi connectivity index (χ1) is 11.2. The van der Waals surface area contributed by atoms with E-state index in [2.05, 4.69) is 47.3 Å². The molecule has 4 nitrogen and oxygen atoms in total. The molecule has 1 aliphatic rings. The zero-order valence-corrected chi connectivity index (χ0v) is 14.6. The SMILES string of the molecule is CCCc1nc2c(c(=O)[nH]1)CCN(Cc1ccccc1SC)C2. The van der Waals surface area contributed by atoms with Crippen molar-refractivity contribution >= 4 is 11.8 Å². The van der Waals surface area contributed by atoms with Gasteiger partial charge in [0.05, 0.1) is 5.69 Å². The molecule has 0 saturated heterocycles. The van der Waals surface area contributed by atoms with E-state index in [9.17, 15) is 4.79 Å². The van der Waals surface area contributed by atoms with Gasteiger partial charge in [-0.15, -0.1) is 11.8 Å². The van der Waals surface area contributed by atoms with Crippen molar-refractivity contribution in [3.05, 3.63) is 57.3 Å². The average molecular weight is 329 g/mol. The van der Waals surface area contributed by atoms with Gasteiger partial charge < -0.3 is 4.98 Å². The molecule has 0 spiro atoms. The van der Waals surface area contributed by atoms with Gasteiger partial charge in [-0.2, -0.15) is 0 Å². The number of nitrogens with zero attached hydrogens (tertiary/aromatic N) is 2. The van der Waals surface area contributed by atoms with E-state index in [1.54, 1.807) is 11.8 Å². The van der Waals surface area contributed by atoms with E-state index < -0.39 is 0 Å². The second-order valence-corrected chi connectivity index (χ2v) is 6.81. The number of hydrogen-bond acceptors (Lipinski definition) is 4. The number of fused-ring (bicyclic) bond motifs is 1. The maximum Gasteiger partial charge on any atom is 0.254 e. The normalized spacial score (nSPS) is 14.7. The van der Waals surface area contributed by atoms with E-state index in [1.807, 2.05) is 0 Å². The first-order valence-corrected chi connectivity index (χ1v) is 9.39. The lowest BCUT2D eigenvalue weighted by atomic mass is 10.1. The minimum absolute atomic E-state index is 0.0580. The van der Waals surface area contributed by atoms with Gasteiger partial charge in [0.2, 0.25) is 0 Å². The van der Waals surface area contributed by atoms with Crippen molar-refractivity contribution in [2.24, 2.45) is 0 Å². The van der Waals surface area contributed by atoms with Gasteiger partial charge >= 0.3 is 0 Å². The molecule has 1 aromatic carbocycles. The average Bonchev–Trinajstić information content (AvgIpc) is 2.55. The van der Waals surface area contributed by atoms with E-state index in [-0.39, 0.29) is 5.56 Å². The first-order valence-electron chi connectivity index (χ1n) is 8.16. The predicted molar refractivity (Wildman–Crippen MR) is 94.9 cm³/mol. The van der Waals surface area contributed by atoms with Gasteiger partial charge in [0, 0.05) is 36.5 Å². The molecule has 0 saturated carbocycles. The lowest BCUT2D eigenvalue weighted by Crippen LogP contribution is -2.35. The summed E-state index contributed by atoms with van der Waals surface area (Å²) < 4.78 is 0. The van der Waals surface area contributed by atoms with Crippen molar-refractivity contribution in [2.45, 2.75) is 44.2 Å². The Bertz CT molecular complexity index is 741. The Labute approximate surface area is 141 Å². The summed E-state index contributed by atoms with van der Waals surface area (Å²) in [5.74, 6) is 0.822. The van der Waals surface area contributed by atoms with Crippen molar-refractivity contribution in [3.63, 3.8) is 0 Å². The van der Waals surface area contributed by atoms with Crippen molar-refractivity contribution in [1.82, 2.24) is 14.9 Å². The Morgan fingerprint density at radius 3 is 2.96 bits per heavy atom. The van der Waals surface area contributed by atoms with Crippen LogP contribution >= 0.6 is 11.8 Å². The van der Waals surface area contributed by atoms with Gasteiger partial charge in [-0.1, -0.05) is 25.1 Å². The van der Waals surface area contributed by atoms with Gasteiger partial charge in [-0.3, -0.25) is 9.69 Å². The first kappa shape index (κ1) is 16.3. The summed E-state index contributed by atoms with van der Waals surface area (Å²) >= 11 is 1.78. The molecule has 0 unspecified atom stereocenters. The lowest BCUT2D eigenvalue weighted by molar-refractivity contribution is 0.238. The molecule has 122 valence electrons. The molecule has 0 aliphatic carbocycles. The van der Waals surface area contributed by atoms with Gasteiger partial charge in [0.15, 0.2) is 0 Å². The highest BCUT2D eigenvalue weighted by Crippen LogP contribution is 2.23. The Morgan fingerprint density at radius 2 is 2.17 bits per heavy atom. The third kappa shape index (κ3) is 3.67. The van der Waals surface area contributed by atoms with Gasteiger partial charge in [-0.25, -0.2) is 4.98 Å². The van der Waals surface area contributed by atoms with Crippen LogP contribution in [0.1, 0.15) is 36.0 Å². The number of nitrogens with one attached hydrogen (secondary N) is 1. The fourth-order valence-corrected chi connectivity index (χ4v) is 3.72. The number of thioether (sulfide) groups is 1. The molecule has 1 aromatic heterocycles. The smallest absolute Gasteiger partial charge is 0.254 e. The number of aryl methyl sites for hydroxylation is 1. The van der Waals surface area contributed by atoms with Crippen LogP contribution in [0.2, 0.25) is 0 Å². The van der Waals surface area contributed by atoms with Crippen LogP contribution in [0.15, 0.2) is 34.0 Å². The summed E-state index contributed by atoms with van der Waals surface area (Å²) in [6.45, 7) is 4.69. The van der Waals surface area contributed by atoms with Crippen LogP contribution in [-0.2, 0) is 25.9 Å². The predicted octanol–water partition coefficient (Wildman–Crippen LogP) is 3.00. The van der Waals surface area contributed by atoms with Gasteiger partial charge in [-0.05, 0) is 30.7 Å². The summed E-state index contributed by atoms with van der Waals surface area (Å²) in [7, 11) is 0. The van der Waals surface area contributed by atoms with E-state index in [4.69, 9.17) is 4.98 Å². The minimum atomic E-state index is 0.0580. The van der Waals surface area contributed by atoms with Crippen LogP contribution < -0.4 is 5.56 Å². The second kappa shape index (κ2) is 7.32. The lowest BCUT2D eigenvalue weighted by Gasteiger charge is -2.28. The molecule has 1 aliphatic heterocycles. The number of benzene rings is 1. The molecule has 0 amide bonds. The summed E-state index contributed by atoms with van der Waals surface area (Å²) in [6.07, 6.45) is 4.72. The largest absolute Gasteiger partial charge is 0.310 e.